The molecule has 2 heterocycles. The number of benzene rings is 3. The van der Waals surface area contributed by atoms with Gasteiger partial charge in [0.25, 0.3) is 0 Å². The molecule has 0 N–H and O–H groups in total. The van der Waals surface area contributed by atoms with E-state index in [1.807, 2.05) is 12.1 Å². The van der Waals surface area contributed by atoms with E-state index < -0.39 is 0 Å². The van der Waals surface area contributed by atoms with Crippen LogP contribution in [0.25, 0.3) is 11.1 Å². The Hall–Kier alpha value is -2.30. The third-order valence-corrected chi connectivity index (χ3v) is 9.88. The van der Waals surface area contributed by atoms with Gasteiger partial charge in [0, 0.05) is 20.9 Å². The van der Waals surface area contributed by atoms with Crippen molar-refractivity contribution in [3.8, 4) is 11.1 Å². The second-order valence-corrected chi connectivity index (χ2v) is 13.0. The number of unbranched alkanes of at least 4 members (excludes halogenated alkanes) is 2. The summed E-state index contributed by atoms with van der Waals surface area (Å²) < 4.78 is 0. The van der Waals surface area contributed by atoms with Crippen molar-refractivity contribution in [2.45, 2.75) is 79.1 Å². The van der Waals surface area contributed by atoms with Gasteiger partial charge in [-0.25, -0.2) is 0 Å². The maximum absolute atomic E-state index is 13.5. The summed E-state index contributed by atoms with van der Waals surface area (Å²) in [6.07, 6.45) is 4.83. The number of hydrogen-bond donors (Lipinski definition) is 0. The van der Waals surface area contributed by atoms with Crippen molar-refractivity contribution in [3.63, 3.8) is 0 Å². The Morgan fingerprint density at radius 3 is 1.89 bits per heavy atom. The van der Waals surface area contributed by atoms with Crippen LogP contribution in [0.2, 0.25) is 0 Å². The van der Waals surface area contributed by atoms with Gasteiger partial charge in [0.2, 0.25) is 0 Å². The van der Waals surface area contributed by atoms with Gasteiger partial charge in [0.15, 0.2) is 11.6 Å². The van der Waals surface area contributed by atoms with Crippen LogP contribution in [-0.2, 0) is 11.8 Å². The molecule has 0 saturated carbocycles. The highest BCUT2D eigenvalue weighted by atomic mass is 32.2. The van der Waals surface area contributed by atoms with E-state index in [1.54, 1.807) is 23.5 Å². The fourth-order valence-electron chi connectivity index (χ4n) is 4.83. The second-order valence-electron chi connectivity index (χ2n) is 10.6. The third-order valence-electron chi connectivity index (χ3n) is 7.01. The van der Waals surface area contributed by atoms with Crippen LogP contribution in [0.15, 0.2) is 70.5 Å². The molecule has 4 heteroatoms. The van der Waals surface area contributed by atoms with E-state index in [-0.39, 0.29) is 27.5 Å². The number of carbonyl (C=O) groups excluding carboxylic acids is 2. The van der Waals surface area contributed by atoms with E-state index in [0.717, 1.165) is 44.0 Å². The van der Waals surface area contributed by atoms with Gasteiger partial charge in [-0.1, -0.05) is 76.9 Å². The van der Waals surface area contributed by atoms with E-state index in [1.165, 1.54) is 24.8 Å². The molecule has 2 nitrogen and oxygen atoms in total. The molecular weight excluding hydrogens is 468 g/mol. The standard InChI is InChI=1S/C31H32O2S2/c1-5-6-7-8-19-9-11-20(12-10-19)21-13-15-25-23(17-21)27(32)29(34-25)30-28(33)24-18-22(31(2,3)4)14-16-26(24)35-30/h9-18,29-30H,5-8H2,1-4H3. The number of thioether (sulfide) groups is 2. The first-order valence-electron chi connectivity index (χ1n) is 12.6. The Bertz CT molecular complexity index is 1280. The third kappa shape index (κ3) is 4.75. The summed E-state index contributed by atoms with van der Waals surface area (Å²) in [6, 6.07) is 21.1. The Kier molecular flexibility index (Phi) is 6.71. The summed E-state index contributed by atoms with van der Waals surface area (Å²) in [5.74, 6) is 0.173. The van der Waals surface area contributed by atoms with Crippen molar-refractivity contribution in [2.75, 3.05) is 0 Å². The second kappa shape index (κ2) is 9.63. The SMILES string of the molecule is CCCCCc1ccc(-c2ccc3c(c2)C(=O)C(C2Sc4ccc(C(C)(C)C)cc4C2=O)S3)cc1. The Labute approximate surface area is 217 Å². The van der Waals surface area contributed by atoms with E-state index >= 15 is 0 Å². The first-order chi connectivity index (χ1) is 16.8. The largest absolute Gasteiger partial charge is 0.293 e. The minimum absolute atomic E-state index is 0.0175. The quantitative estimate of drug-likeness (QED) is 0.318. The van der Waals surface area contributed by atoms with Crippen LogP contribution in [0.4, 0.5) is 0 Å². The number of hydrogen-bond acceptors (Lipinski definition) is 4. The van der Waals surface area contributed by atoms with Crippen molar-refractivity contribution < 1.29 is 9.59 Å². The molecule has 0 aromatic heterocycles. The van der Waals surface area contributed by atoms with E-state index in [2.05, 4.69) is 76.2 Å². The van der Waals surface area contributed by atoms with E-state index in [0.29, 0.717) is 0 Å². The smallest absolute Gasteiger partial charge is 0.178 e. The lowest BCUT2D eigenvalue weighted by molar-refractivity contribution is 0.0934. The highest BCUT2D eigenvalue weighted by Crippen LogP contribution is 2.49. The van der Waals surface area contributed by atoms with Gasteiger partial charge in [-0.05, 0) is 64.8 Å². The monoisotopic (exact) mass is 500 g/mol. The van der Waals surface area contributed by atoms with Gasteiger partial charge in [-0.2, -0.15) is 0 Å². The van der Waals surface area contributed by atoms with Gasteiger partial charge < -0.3 is 0 Å². The topological polar surface area (TPSA) is 34.1 Å². The van der Waals surface area contributed by atoms with Crippen molar-refractivity contribution in [1.29, 1.82) is 0 Å². The van der Waals surface area contributed by atoms with Gasteiger partial charge in [-0.15, -0.1) is 23.5 Å². The summed E-state index contributed by atoms with van der Waals surface area (Å²) in [7, 11) is 0. The summed E-state index contributed by atoms with van der Waals surface area (Å²) in [5.41, 5.74) is 6.21. The maximum atomic E-state index is 13.5. The molecule has 3 aromatic rings. The van der Waals surface area contributed by atoms with Gasteiger partial charge in [0.05, 0.1) is 10.5 Å². The number of fused-ring (bicyclic) bond motifs is 2. The summed E-state index contributed by atoms with van der Waals surface area (Å²) in [4.78, 5) is 28.9. The molecule has 2 atom stereocenters. The molecule has 3 aromatic carbocycles. The number of Topliss-reactive ketones (excluding diaryl/α,β-unsaturated/α-hetero) is 2. The highest BCUT2D eigenvalue weighted by molar-refractivity contribution is 8.05. The molecule has 0 bridgehead atoms. The summed E-state index contributed by atoms with van der Waals surface area (Å²) >= 11 is 3.11. The molecule has 0 amide bonds. The molecule has 180 valence electrons. The first-order valence-corrected chi connectivity index (χ1v) is 14.3. The van der Waals surface area contributed by atoms with Crippen molar-refractivity contribution in [2.24, 2.45) is 0 Å². The van der Waals surface area contributed by atoms with Crippen molar-refractivity contribution in [1.82, 2.24) is 0 Å². The predicted octanol–water partition coefficient (Wildman–Crippen LogP) is 8.40. The lowest BCUT2D eigenvalue weighted by Gasteiger charge is -2.19. The zero-order valence-electron chi connectivity index (χ0n) is 20.9. The predicted molar refractivity (Wildman–Crippen MR) is 148 cm³/mol. The molecule has 2 aliphatic rings. The Morgan fingerprint density at radius 2 is 1.29 bits per heavy atom. The number of aryl methyl sites for hydroxylation is 1. The molecule has 0 aliphatic carbocycles. The zero-order valence-corrected chi connectivity index (χ0v) is 22.5. The fraction of sp³-hybridized carbons (Fsp3) is 0.355. The van der Waals surface area contributed by atoms with Crippen LogP contribution in [0, 0.1) is 0 Å². The molecule has 0 radical (unpaired) electrons. The lowest BCUT2D eigenvalue weighted by atomic mass is 9.85. The normalized spacial score (nSPS) is 19.2. The fourth-order valence-corrected chi connectivity index (χ4v) is 7.53. The van der Waals surface area contributed by atoms with Crippen LogP contribution in [0.3, 0.4) is 0 Å². The van der Waals surface area contributed by atoms with Crippen LogP contribution in [0.5, 0.6) is 0 Å². The molecule has 0 fully saturated rings. The zero-order chi connectivity index (χ0) is 24.7. The first kappa shape index (κ1) is 24.4. The van der Waals surface area contributed by atoms with Crippen LogP contribution < -0.4 is 0 Å². The van der Waals surface area contributed by atoms with Crippen molar-refractivity contribution in [3.05, 3.63) is 82.9 Å². The van der Waals surface area contributed by atoms with Crippen LogP contribution >= 0.6 is 23.5 Å². The molecular formula is C31H32O2S2. The number of carbonyl (C=O) groups is 2. The van der Waals surface area contributed by atoms with Crippen LogP contribution in [-0.4, -0.2) is 22.1 Å². The van der Waals surface area contributed by atoms with E-state index in [9.17, 15) is 9.59 Å². The van der Waals surface area contributed by atoms with Gasteiger partial charge in [0.1, 0.15) is 0 Å². The number of ketones is 2. The Balaban J connectivity index is 1.34. The molecule has 5 rings (SSSR count). The average molecular weight is 501 g/mol. The molecule has 35 heavy (non-hydrogen) atoms. The van der Waals surface area contributed by atoms with Gasteiger partial charge in [-0.3, -0.25) is 9.59 Å². The lowest BCUT2D eigenvalue weighted by Crippen LogP contribution is -2.30. The molecule has 0 saturated heterocycles. The Morgan fingerprint density at radius 1 is 0.714 bits per heavy atom. The molecule has 2 unspecified atom stereocenters. The minimum Gasteiger partial charge on any atom is -0.293 e. The van der Waals surface area contributed by atoms with Gasteiger partial charge >= 0.3 is 0 Å². The summed E-state index contributed by atoms with van der Waals surface area (Å²) in [5, 5.41) is -0.736. The maximum Gasteiger partial charge on any atom is 0.178 e. The van der Waals surface area contributed by atoms with Crippen LogP contribution in [0.1, 0.15) is 78.8 Å². The average Bonchev–Trinajstić information content (AvgIpc) is 3.35. The minimum atomic E-state index is -0.371. The van der Waals surface area contributed by atoms with Crippen molar-refractivity contribution >= 4 is 35.1 Å². The highest BCUT2D eigenvalue weighted by Gasteiger charge is 2.45. The van der Waals surface area contributed by atoms with E-state index in [4.69, 9.17) is 0 Å². The summed E-state index contributed by atoms with van der Waals surface area (Å²) in [6.45, 7) is 8.69. The number of rotatable bonds is 6. The molecule has 2 aliphatic heterocycles. The molecule has 0 spiro atoms.